The second-order valence-electron chi connectivity index (χ2n) is 8.45. The number of hydrogen-bond donors (Lipinski definition) is 0. The molecular formula is C24H30N6O. The predicted molar refractivity (Wildman–Crippen MR) is 120 cm³/mol. The van der Waals surface area contributed by atoms with Crippen LogP contribution in [0.2, 0.25) is 0 Å². The molecule has 2 aliphatic rings. The monoisotopic (exact) mass is 418 g/mol. The molecule has 1 saturated carbocycles. The maximum absolute atomic E-state index is 5.30. The Labute approximate surface area is 183 Å². The lowest BCUT2D eigenvalue weighted by molar-refractivity contribution is 0.197. The van der Waals surface area contributed by atoms with Gasteiger partial charge in [-0.1, -0.05) is 43.2 Å². The molecule has 1 aromatic heterocycles. The third kappa shape index (κ3) is 4.14. The second kappa shape index (κ2) is 9.06. The summed E-state index contributed by atoms with van der Waals surface area (Å²) < 4.78 is 7.41. The molecule has 1 saturated heterocycles. The number of piperazine rings is 1. The molecule has 1 aliphatic carbocycles. The van der Waals surface area contributed by atoms with Crippen LogP contribution in [0.4, 0.5) is 5.69 Å². The van der Waals surface area contributed by atoms with Crippen LogP contribution < -0.4 is 9.64 Å². The van der Waals surface area contributed by atoms with E-state index in [0.717, 1.165) is 37.8 Å². The summed E-state index contributed by atoms with van der Waals surface area (Å²) in [6, 6.07) is 19.6. The average Bonchev–Trinajstić information content (AvgIpc) is 3.53. The number of tetrazole rings is 1. The zero-order chi connectivity index (χ0) is 21.0. The van der Waals surface area contributed by atoms with Gasteiger partial charge >= 0.3 is 0 Å². The second-order valence-corrected chi connectivity index (χ2v) is 8.45. The van der Waals surface area contributed by atoms with Crippen LogP contribution in [-0.2, 0) is 0 Å². The fourth-order valence-electron chi connectivity index (χ4n) is 4.98. The summed E-state index contributed by atoms with van der Waals surface area (Å²) in [7, 11) is 1.71. The Kier molecular flexibility index (Phi) is 5.84. The first-order valence-corrected chi connectivity index (χ1v) is 11.3. The van der Waals surface area contributed by atoms with Gasteiger partial charge in [-0.05, 0) is 53.1 Å². The molecule has 0 unspecified atom stereocenters. The van der Waals surface area contributed by atoms with Gasteiger partial charge in [-0.2, -0.15) is 0 Å². The maximum atomic E-state index is 5.30. The van der Waals surface area contributed by atoms with Crippen molar-refractivity contribution in [2.45, 2.75) is 37.8 Å². The fourth-order valence-corrected chi connectivity index (χ4v) is 4.98. The number of hydrogen-bond acceptors (Lipinski definition) is 6. The van der Waals surface area contributed by atoms with Crippen molar-refractivity contribution in [3.8, 4) is 5.75 Å². The minimum atomic E-state index is 0.0785. The summed E-state index contributed by atoms with van der Waals surface area (Å²) in [6.45, 7) is 3.87. The fraction of sp³-hybridized carbons (Fsp3) is 0.458. The topological polar surface area (TPSA) is 59.3 Å². The predicted octanol–water partition coefficient (Wildman–Crippen LogP) is 3.71. The zero-order valence-corrected chi connectivity index (χ0v) is 18.1. The molecule has 5 rings (SSSR count). The van der Waals surface area contributed by atoms with Crippen molar-refractivity contribution in [3.05, 3.63) is 66.0 Å². The van der Waals surface area contributed by atoms with Gasteiger partial charge in [0.1, 0.15) is 5.75 Å². The van der Waals surface area contributed by atoms with Crippen molar-refractivity contribution < 1.29 is 4.74 Å². The van der Waals surface area contributed by atoms with Gasteiger partial charge in [-0.25, -0.2) is 4.68 Å². The summed E-state index contributed by atoms with van der Waals surface area (Å²) in [4.78, 5) is 4.98. The van der Waals surface area contributed by atoms with Crippen molar-refractivity contribution in [2.75, 3.05) is 38.2 Å². The first-order valence-electron chi connectivity index (χ1n) is 11.3. The molecule has 7 heteroatoms. The number of methoxy groups -OCH3 is 1. The van der Waals surface area contributed by atoms with Gasteiger partial charge < -0.3 is 9.64 Å². The van der Waals surface area contributed by atoms with Crippen molar-refractivity contribution in [1.82, 2.24) is 25.1 Å². The highest BCUT2D eigenvalue weighted by Gasteiger charge is 2.33. The highest BCUT2D eigenvalue weighted by molar-refractivity contribution is 5.49. The lowest BCUT2D eigenvalue weighted by Crippen LogP contribution is -2.48. The Morgan fingerprint density at radius 2 is 1.61 bits per heavy atom. The molecule has 7 nitrogen and oxygen atoms in total. The van der Waals surface area contributed by atoms with E-state index in [0.29, 0.717) is 6.04 Å². The number of nitrogens with zero attached hydrogens (tertiary/aromatic N) is 6. The van der Waals surface area contributed by atoms with E-state index in [1.807, 2.05) is 12.1 Å². The largest absolute Gasteiger partial charge is 0.497 e. The molecule has 0 radical (unpaired) electrons. The minimum Gasteiger partial charge on any atom is -0.497 e. The van der Waals surface area contributed by atoms with Gasteiger partial charge in [0, 0.05) is 31.9 Å². The molecule has 0 N–H and O–H groups in total. The van der Waals surface area contributed by atoms with Crippen LogP contribution in [-0.4, -0.2) is 58.4 Å². The van der Waals surface area contributed by atoms with E-state index >= 15 is 0 Å². The van der Waals surface area contributed by atoms with Crippen molar-refractivity contribution in [2.24, 2.45) is 0 Å². The zero-order valence-electron chi connectivity index (χ0n) is 18.1. The van der Waals surface area contributed by atoms with Crippen LogP contribution in [0.15, 0.2) is 54.6 Å². The first kappa shape index (κ1) is 20.0. The Bertz CT molecular complexity index is 959. The van der Waals surface area contributed by atoms with E-state index in [2.05, 4.69) is 72.5 Å². The Morgan fingerprint density at radius 3 is 2.29 bits per heavy atom. The van der Waals surface area contributed by atoms with Crippen LogP contribution in [0.1, 0.15) is 49.2 Å². The Hall–Kier alpha value is -2.93. The van der Waals surface area contributed by atoms with Crippen molar-refractivity contribution in [3.63, 3.8) is 0 Å². The number of ether oxygens (including phenoxy) is 1. The van der Waals surface area contributed by atoms with Crippen molar-refractivity contribution in [1.29, 1.82) is 0 Å². The van der Waals surface area contributed by atoms with E-state index in [4.69, 9.17) is 4.74 Å². The molecular weight excluding hydrogens is 388 g/mol. The van der Waals surface area contributed by atoms with Gasteiger partial charge in [-0.15, -0.1) is 5.10 Å². The Morgan fingerprint density at radius 1 is 0.903 bits per heavy atom. The number of rotatable bonds is 6. The summed E-state index contributed by atoms with van der Waals surface area (Å²) in [5, 5.41) is 13.1. The smallest absolute Gasteiger partial charge is 0.173 e. The van der Waals surface area contributed by atoms with Crippen LogP contribution >= 0.6 is 0 Å². The van der Waals surface area contributed by atoms with E-state index in [1.165, 1.54) is 36.9 Å². The Balaban J connectivity index is 1.38. The number of benzene rings is 2. The summed E-state index contributed by atoms with van der Waals surface area (Å²) in [5.74, 6) is 1.88. The summed E-state index contributed by atoms with van der Waals surface area (Å²) in [6.07, 6.45) is 4.87. The standard InChI is InChI=1S/C24H30N6O/c1-31-22-13-11-20(12-14-22)28-15-17-29(18-16-28)23(19-7-3-2-4-8-19)24-25-26-27-30(24)21-9-5-6-10-21/h2-4,7-8,11-14,21,23H,5-6,9-10,15-18H2,1H3/t23-/m1/s1. The molecule has 2 aromatic carbocycles. The van der Waals surface area contributed by atoms with Gasteiger partial charge in [0.05, 0.1) is 19.2 Å². The van der Waals surface area contributed by atoms with Gasteiger partial charge in [0.2, 0.25) is 0 Å². The normalized spacial score (nSPS) is 18.9. The van der Waals surface area contributed by atoms with E-state index in [-0.39, 0.29) is 6.04 Å². The first-order chi connectivity index (χ1) is 15.3. The SMILES string of the molecule is COc1ccc(N2CCN([C@H](c3ccccc3)c3nnnn3C3CCCC3)CC2)cc1. The molecule has 162 valence electrons. The van der Waals surface area contributed by atoms with Gasteiger partial charge in [0.15, 0.2) is 5.82 Å². The van der Waals surface area contributed by atoms with Gasteiger partial charge in [-0.3, -0.25) is 4.90 Å². The molecule has 1 aliphatic heterocycles. The summed E-state index contributed by atoms with van der Waals surface area (Å²) in [5.41, 5.74) is 2.50. The third-order valence-electron chi connectivity index (χ3n) is 6.67. The lowest BCUT2D eigenvalue weighted by atomic mass is 10.0. The highest BCUT2D eigenvalue weighted by Crippen LogP contribution is 2.34. The van der Waals surface area contributed by atoms with E-state index in [9.17, 15) is 0 Å². The van der Waals surface area contributed by atoms with Crippen LogP contribution in [0.3, 0.4) is 0 Å². The third-order valence-corrected chi connectivity index (χ3v) is 6.67. The molecule has 2 fully saturated rings. The van der Waals surface area contributed by atoms with Crippen LogP contribution in [0, 0.1) is 0 Å². The number of aromatic nitrogens is 4. The molecule has 2 heterocycles. The molecule has 3 aromatic rings. The minimum absolute atomic E-state index is 0.0785. The highest BCUT2D eigenvalue weighted by atomic mass is 16.5. The molecule has 1 atom stereocenters. The average molecular weight is 419 g/mol. The molecule has 0 spiro atoms. The molecule has 31 heavy (non-hydrogen) atoms. The molecule has 0 amide bonds. The number of anilines is 1. The lowest BCUT2D eigenvalue weighted by Gasteiger charge is -2.40. The van der Waals surface area contributed by atoms with E-state index in [1.54, 1.807) is 7.11 Å². The van der Waals surface area contributed by atoms with Crippen LogP contribution in [0.25, 0.3) is 0 Å². The quantitative estimate of drug-likeness (QED) is 0.608. The maximum Gasteiger partial charge on any atom is 0.173 e. The van der Waals surface area contributed by atoms with Gasteiger partial charge in [0.25, 0.3) is 0 Å². The molecule has 0 bridgehead atoms. The van der Waals surface area contributed by atoms with Crippen LogP contribution in [0.5, 0.6) is 5.75 Å². The van der Waals surface area contributed by atoms with Crippen molar-refractivity contribution >= 4 is 5.69 Å². The van der Waals surface area contributed by atoms with E-state index < -0.39 is 0 Å². The summed E-state index contributed by atoms with van der Waals surface area (Å²) >= 11 is 0.